The van der Waals surface area contributed by atoms with Crippen LogP contribution >= 0.6 is 11.3 Å². The standard InChI is InChI=1S/C17H21N3O5S/c1-23-13-5-4-11(8-14(13)24-2)6-7-18-15(21)9-12-10-26-16(19-12)20-17(22)25-3/h4-5,8,10H,6-7,9H2,1-3H3,(H,18,21)(H,19,20,22). The number of amides is 2. The fraction of sp³-hybridized carbons (Fsp3) is 0.353. The van der Waals surface area contributed by atoms with E-state index in [0.29, 0.717) is 35.3 Å². The first-order valence-corrected chi connectivity index (χ1v) is 8.70. The van der Waals surface area contributed by atoms with E-state index in [-0.39, 0.29) is 12.3 Å². The molecule has 2 rings (SSSR count). The Bertz CT molecular complexity index is 763. The highest BCUT2D eigenvalue weighted by molar-refractivity contribution is 7.13. The average molecular weight is 379 g/mol. The van der Waals surface area contributed by atoms with E-state index in [2.05, 4.69) is 20.4 Å². The highest BCUT2D eigenvalue weighted by atomic mass is 32.1. The van der Waals surface area contributed by atoms with Gasteiger partial charge in [-0.25, -0.2) is 9.78 Å². The molecular formula is C17H21N3O5S. The van der Waals surface area contributed by atoms with Gasteiger partial charge >= 0.3 is 6.09 Å². The molecule has 2 N–H and O–H groups in total. The van der Waals surface area contributed by atoms with E-state index in [4.69, 9.17) is 9.47 Å². The van der Waals surface area contributed by atoms with Crippen molar-refractivity contribution in [3.8, 4) is 11.5 Å². The van der Waals surface area contributed by atoms with Crippen LogP contribution in [0.2, 0.25) is 0 Å². The predicted molar refractivity (Wildman–Crippen MR) is 98.1 cm³/mol. The molecule has 140 valence electrons. The van der Waals surface area contributed by atoms with Gasteiger partial charge in [-0.2, -0.15) is 0 Å². The number of nitrogens with zero attached hydrogens (tertiary/aromatic N) is 1. The summed E-state index contributed by atoms with van der Waals surface area (Å²) in [6.45, 7) is 0.492. The van der Waals surface area contributed by atoms with Gasteiger partial charge in [-0.15, -0.1) is 11.3 Å². The number of carbonyl (C=O) groups is 2. The Balaban J connectivity index is 1.79. The SMILES string of the molecule is COC(=O)Nc1nc(CC(=O)NCCc2ccc(OC)c(OC)c2)cs1. The number of rotatable bonds is 8. The molecule has 1 aromatic carbocycles. The van der Waals surface area contributed by atoms with Crippen LogP contribution in [-0.2, 0) is 22.4 Å². The highest BCUT2D eigenvalue weighted by Gasteiger charge is 2.10. The van der Waals surface area contributed by atoms with Gasteiger partial charge in [0.15, 0.2) is 16.6 Å². The topological polar surface area (TPSA) is 98.8 Å². The maximum Gasteiger partial charge on any atom is 0.413 e. The second kappa shape index (κ2) is 9.62. The number of thiazole rings is 1. The molecule has 1 heterocycles. The summed E-state index contributed by atoms with van der Waals surface area (Å²) >= 11 is 1.23. The van der Waals surface area contributed by atoms with Gasteiger partial charge < -0.3 is 19.5 Å². The molecule has 1 aromatic heterocycles. The Hall–Kier alpha value is -2.81. The molecule has 0 unspecified atom stereocenters. The Morgan fingerprint density at radius 1 is 1.15 bits per heavy atom. The summed E-state index contributed by atoms with van der Waals surface area (Å²) < 4.78 is 15.0. The Labute approximate surface area is 155 Å². The minimum absolute atomic E-state index is 0.139. The lowest BCUT2D eigenvalue weighted by Crippen LogP contribution is -2.27. The van der Waals surface area contributed by atoms with Crippen LogP contribution < -0.4 is 20.1 Å². The normalized spacial score (nSPS) is 10.1. The fourth-order valence-electron chi connectivity index (χ4n) is 2.19. The van der Waals surface area contributed by atoms with Crippen LogP contribution in [0, 0.1) is 0 Å². The van der Waals surface area contributed by atoms with Crippen molar-refractivity contribution < 1.29 is 23.8 Å². The number of nitrogens with one attached hydrogen (secondary N) is 2. The van der Waals surface area contributed by atoms with Crippen molar-refractivity contribution in [3.63, 3.8) is 0 Å². The van der Waals surface area contributed by atoms with Gasteiger partial charge in [0.05, 0.1) is 33.4 Å². The van der Waals surface area contributed by atoms with Crippen molar-refractivity contribution in [1.29, 1.82) is 0 Å². The maximum atomic E-state index is 12.0. The third-order valence-electron chi connectivity index (χ3n) is 3.47. The minimum Gasteiger partial charge on any atom is -0.493 e. The van der Waals surface area contributed by atoms with Crippen LogP contribution in [0.15, 0.2) is 23.6 Å². The summed E-state index contributed by atoms with van der Waals surface area (Å²) in [5.41, 5.74) is 1.62. The van der Waals surface area contributed by atoms with Gasteiger partial charge in [-0.05, 0) is 24.1 Å². The minimum atomic E-state index is -0.592. The molecule has 0 aliphatic rings. The number of carbonyl (C=O) groups excluding carboxylic acids is 2. The molecular weight excluding hydrogens is 358 g/mol. The fourth-order valence-corrected chi connectivity index (χ4v) is 2.89. The second-order valence-electron chi connectivity index (χ2n) is 5.23. The summed E-state index contributed by atoms with van der Waals surface area (Å²) in [7, 11) is 4.44. The monoisotopic (exact) mass is 379 g/mol. The van der Waals surface area contributed by atoms with E-state index in [1.54, 1.807) is 19.6 Å². The molecule has 8 nitrogen and oxygen atoms in total. The molecule has 0 spiro atoms. The molecule has 0 aliphatic carbocycles. The number of methoxy groups -OCH3 is 3. The lowest BCUT2D eigenvalue weighted by molar-refractivity contribution is -0.120. The van der Waals surface area contributed by atoms with E-state index >= 15 is 0 Å². The number of benzene rings is 1. The molecule has 0 saturated heterocycles. The van der Waals surface area contributed by atoms with Gasteiger partial charge in [0, 0.05) is 11.9 Å². The van der Waals surface area contributed by atoms with Crippen LogP contribution in [0.5, 0.6) is 11.5 Å². The Morgan fingerprint density at radius 3 is 2.62 bits per heavy atom. The number of hydrogen-bond acceptors (Lipinski definition) is 7. The number of anilines is 1. The summed E-state index contributed by atoms with van der Waals surface area (Å²) in [6, 6.07) is 5.65. The smallest absolute Gasteiger partial charge is 0.413 e. The molecule has 9 heteroatoms. The zero-order valence-electron chi connectivity index (χ0n) is 14.8. The van der Waals surface area contributed by atoms with Gasteiger partial charge in [0.2, 0.25) is 5.91 Å². The van der Waals surface area contributed by atoms with Crippen LogP contribution in [0.25, 0.3) is 0 Å². The lowest BCUT2D eigenvalue weighted by Gasteiger charge is -2.10. The quantitative estimate of drug-likeness (QED) is 0.730. The second-order valence-corrected chi connectivity index (χ2v) is 6.08. The third-order valence-corrected chi connectivity index (χ3v) is 4.28. The third kappa shape index (κ3) is 5.62. The van der Waals surface area contributed by atoms with Crippen molar-refractivity contribution in [1.82, 2.24) is 10.3 Å². The number of aromatic nitrogens is 1. The zero-order chi connectivity index (χ0) is 18.9. The van der Waals surface area contributed by atoms with E-state index in [9.17, 15) is 9.59 Å². The highest BCUT2D eigenvalue weighted by Crippen LogP contribution is 2.27. The summed E-state index contributed by atoms with van der Waals surface area (Å²) in [5.74, 6) is 1.19. The van der Waals surface area contributed by atoms with Crippen LogP contribution in [0.1, 0.15) is 11.3 Å². The van der Waals surface area contributed by atoms with Crippen molar-refractivity contribution in [2.45, 2.75) is 12.8 Å². The van der Waals surface area contributed by atoms with Crippen molar-refractivity contribution >= 4 is 28.5 Å². The summed E-state index contributed by atoms with van der Waals surface area (Å²) in [5, 5.41) is 7.43. The molecule has 2 amide bonds. The summed E-state index contributed by atoms with van der Waals surface area (Å²) in [4.78, 5) is 27.3. The van der Waals surface area contributed by atoms with Crippen molar-refractivity contribution in [3.05, 3.63) is 34.8 Å². The zero-order valence-corrected chi connectivity index (χ0v) is 15.6. The van der Waals surface area contributed by atoms with Crippen LogP contribution in [0.4, 0.5) is 9.93 Å². The number of ether oxygens (including phenoxy) is 3. The largest absolute Gasteiger partial charge is 0.493 e. The predicted octanol–water partition coefficient (Wildman–Crippen LogP) is 2.24. The average Bonchev–Trinajstić information content (AvgIpc) is 3.07. The molecule has 0 saturated carbocycles. The Kier molecular flexibility index (Phi) is 7.22. The number of hydrogen-bond donors (Lipinski definition) is 2. The molecule has 26 heavy (non-hydrogen) atoms. The first-order valence-electron chi connectivity index (χ1n) is 7.82. The molecule has 0 fully saturated rings. The van der Waals surface area contributed by atoms with Gasteiger partial charge in [-0.1, -0.05) is 6.07 Å². The van der Waals surface area contributed by atoms with E-state index in [1.807, 2.05) is 18.2 Å². The molecule has 0 aliphatic heterocycles. The van der Waals surface area contributed by atoms with Crippen molar-refractivity contribution in [2.24, 2.45) is 0 Å². The van der Waals surface area contributed by atoms with Gasteiger partial charge in [0.25, 0.3) is 0 Å². The molecule has 0 bridgehead atoms. The summed E-state index contributed by atoms with van der Waals surface area (Å²) in [6.07, 6.45) is 0.217. The first kappa shape index (κ1) is 19.5. The lowest BCUT2D eigenvalue weighted by atomic mass is 10.1. The molecule has 0 atom stereocenters. The first-order chi connectivity index (χ1) is 12.5. The van der Waals surface area contributed by atoms with E-state index in [0.717, 1.165) is 5.56 Å². The van der Waals surface area contributed by atoms with Crippen LogP contribution in [-0.4, -0.2) is 44.9 Å². The van der Waals surface area contributed by atoms with Gasteiger partial charge in [-0.3, -0.25) is 10.1 Å². The maximum absolute atomic E-state index is 12.0. The van der Waals surface area contributed by atoms with E-state index < -0.39 is 6.09 Å². The molecule has 2 aromatic rings. The van der Waals surface area contributed by atoms with E-state index in [1.165, 1.54) is 18.4 Å². The van der Waals surface area contributed by atoms with Gasteiger partial charge in [0.1, 0.15) is 0 Å². The Morgan fingerprint density at radius 2 is 1.92 bits per heavy atom. The van der Waals surface area contributed by atoms with Crippen molar-refractivity contribution in [2.75, 3.05) is 33.2 Å². The molecule has 0 radical (unpaired) electrons. The van der Waals surface area contributed by atoms with Crippen LogP contribution in [0.3, 0.4) is 0 Å².